The lowest BCUT2D eigenvalue weighted by atomic mass is 10.1. The Balaban J connectivity index is 2.32. The van der Waals surface area contributed by atoms with Crippen LogP contribution in [0.2, 0.25) is 0 Å². The van der Waals surface area contributed by atoms with Gasteiger partial charge in [0, 0.05) is 12.0 Å². The summed E-state index contributed by atoms with van der Waals surface area (Å²) in [5.74, 6) is 0.758. The van der Waals surface area contributed by atoms with E-state index in [2.05, 4.69) is 36.1 Å². The highest BCUT2D eigenvalue weighted by atomic mass is 16.5. The Morgan fingerprint density at radius 2 is 1.92 bits per heavy atom. The third-order valence-corrected chi connectivity index (χ3v) is 3.76. The van der Waals surface area contributed by atoms with Crippen molar-refractivity contribution in [2.45, 2.75) is 53.4 Å². The molecule has 0 saturated carbocycles. The molecule has 1 heterocycles. The summed E-state index contributed by atoms with van der Waals surface area (Å²) in [6.07, 6.45) is 3.38. The molecule has 0 unspecified atom stereocenters. The van der Waals surface area contributed by atoms with E-state index in [9.17, 15) is 4.79 Å². The molecule has 0 amide bonds. The average Bonchev–Trinajstić information content (AvgIpc) is 2.99. The number of carbonyl (C=O) groups excluding carboxylic acids is 1. The Hall–Kier alpha value is -2.17. The standard InChI is InChI=1S/C19H27N3O2/c1-5-7-12-24-19-20-18(16-10-8-15(6-2)9-11-16)22(21-19)17(23)13-14(3)4/h8-11,14H,5-7,12-13H2,1-4H3. The third-order valence-electron chi connectivity index (χ3n) is 3.76. The van der Waals surface area contributed by atoms with Crippen LogP contribution in [-0.4, -0.2) is 27.3 Å². The van der Waals surface area contributed by atoms with Crippen LogP contribution in [0, 0.1) is 5.92 Å². The molecule has 1 aromatic heterocycles. The van der Waals surface area contributed by atoms with Gasteiger partial charge in [-0.2, -0.15) is 9.67 Å². The van der Waals surface area contributed by atoms with Crippen LogP contribution in [0.25, 0.3) is 11.4 Å². The molecule has 24 heavy (non-hydrogen) atoms. The van der Waals surface area contributed by atoms with E-state index in [0.717, 1.165) is 24.8 Å². The molecular weight excluding hydrogens is 302 g/mol. The summed E-state index contributed by atoms with van der Waals surface area (Å²) < 4.78 is 6.99. The van der Waals surface area contributed by atoms with Crippen LogP contribution in [0.15, 0.2) is 24.3 Å². The molecule has 1 aromatic carbocycles. The number of hydrogen-bond acceptors (Lipinski definition) is 4. The molecule has 0 fully saturated rings. The summed E-state index contributed by atoms with van der Waals surface area (Å²) in [7, 11) is 0. The summed E-state index contributed by atoms with van der Waals surface area (Å²) >= 11 is 0. The van der Waals surface area contributed by atoms with Crippen LogP contribution in [0.3, 0.4) is 0 Å². The number of carbonyl (C=O) groups is 1. The molecule has 0 radical (unpaired) electrons. The number of ether oxygens (including phenoxy) is 1. The van der Waals surface area contributed by atoms with E-state index < -0.39 is 0 Å². The zero-order valence-electron chi connectivity index (χ0n) is 15.1. The predicted octanol–water partition coefficient (Wildman–Crippen LogP) is 4.37. The van der Waals surface area contributed by atoms with E-state index in [4.69, 9.17) is 4.74 Å². The van der Waals surface area contributed by atoms with Crippen molar-refractivity contribution in [1.29, 1.82) is 0 Å². The molecule has 0 aliphatic carbocycles. The monoisotopic (exact) mass is 329 g/mol. The van der Waals surface area contributed by atoms with Gasteiger partial charge in [0.25, 0.3) is 0 Å². The maximum atomic E-state index is 12.5. The molecule has 0 atom stereocenters. The van der Waals surface area contributed by atoms with Crippen LogP contribution in [0.1, 0.15) is 57.3 Å². The predicted molar refractivity (Wildman–Crippen MR) is 95.3 cm³/mol. The molecule has 2 rings (SSSR count). The van der Waals surface area contributed by atoms with Gasteiger partial charge in [0.15, 0.2) is 5.82 Å². The minimum atomic E-state index is -0.0580. The largest absolute Gasteiger partial charge is 0.462 e. The van der Waals surface area contributed by atoms with E-state index in [1.165, 1.54) is 10.2 Å². The highest BCUT2D eigenvalue weighted by Gasteiger charge is 2.19. The van der Waals surface area contributed by atoms with Crippen molar-refractivity contribution in [3.05, 3.63) is 29.8 Å². The fraction of sp³-hybridized carbons (Fsp3) is 0.526. The van der Waals surface area contributed by atoms with Gasteiger partial charge in [-0.25, -0.2) is 0 Å². The van der Waals surface area contributed by atoms with Crippen molar-refractivity contribution in [3.8, 4) is 17.4 Å². The fourth-order valence-electron chi connectivity index (χ4n) is 2.35. The molecule has 0 spiro atoms. The molecular formula is C19H27N3O2. The molecule has 5 heteroatoms. The van der Waals surface area contributed by atoms with Crippen LogP contribution < -0.4 is 4.74 Å². The van der Waals surface area contributed by atoms with E-state index in [1.54, 1.807) is 0 Å². The second-order valence-corrected chi connectivity index (χ2v) is 6.37. The van der Waals surface area contributed by atoms with Gasteiger partial charge < -0.3 is 4.74 Å². The minimum Gasteiger partial charge on any atom is -0.462 e. The van der Waals surface area contributed by atoms with Crippen molar-refractivity contribution >= 4 is 5.91 Å². The Kier molecular flexibility index (Phi) is 6.53. The highest BCUT2D eigenvalue weighted by Crippen LogP contribution is 2.22. The van der Waals surface area contributed by atoms with Gasteiger partial charge in [-0.1, -0.05) is 58.4 Å². The second kappa shape index (κ2) is 8.62. The molecule has 0 aliphatic heterocycles. The van der Waals surface area contributed by atoms with Crippen molar-refractivity contribution in [3.63, 3.8) is 0 Å². The van der Waals surface area contributed by atoms with Gasteiger partial charge in [0.1, 0.15) is 0 Å². The number of rotatable bonds is 8. The highest BCUT2D eigenvalue weighted by molar-refractivity contribution is 5.82. The van der Waals surface area contributed by atoms with Gasteiger partial charge >= 0.3 is 6.01 Å². The van der Waals surface area contributed by atoms with E-state index in [1.807, 2.05) is 26.0 Å². The summed E-state index contributed by atoms with van der Waals surface area (Å²) in [5.41, 5.74) is 2.12. The lowest BCUT2D eigenvalue weighted by molar-refractivity contribution is 0.0870. The molecule has 0 aliphatic rings. The second-order valence-electron chi connectivity index (χ2n) is 6.37. The first-order valence-corrected chi connectivity index (χ1v) is 8.77. The summed E-state index contributed by atoms with van der Waals surface area (Å²) in [5, 5.41) is 4.29. The Labute approximate surface area is 144 Å². The normalized spacial score (nSPS) is 11.0. The maximum Gasteiger partial charge on any atom is 0.336 e. The first-order chi connectivity index (χ1) is 11.5. The zero-order chi connectivity index (χ0) is 17.5. The Morgan fingerprint density at radius 3 is 2.50 bits per heavy atom. The van der Waals surface area contributed by atoms with Gasteiger partial charge in [-0.3, -0.25) is 4.79 Å². The molecule has 2 aromatic rings. The fourth-order valence-corrected chi connectivity index (χ4v) is 2.35. The number of hydrogen-bond donors (Lipinski definition) is 0. The number of aromatic nitrogens is 3. The molecule has 5 nitrogen and oxygen atoms in total. The van der Waals surface area contributed by atoms with Crippen LogP contribution in [0.4, 0.5) is 0 Å². The lowest BCUT2D eigenvalue weighted by Gasteiger charge is -2.07. The van der Waals surface area contributed by atoms with E-state index >= 15 is 0 Å². The first kappa shape index (κ1) is 18.2. The molecule has 0 saturated heterocycles. The topological polar surface area (TPSA) is 57.0 Å². The maximum absolute atomic E-state index is 12.5. The van der Waals surface area contributed by atoms with Gasteiger partial charge in [0.05, 0.1) is 6.61 Å². The van der Waals surface area contributed by atoms with Crippen LogP contribution in [0.5, 0.6) is 6.01 Å². The lowest BCUT2D eigenvalue weighted by Crippen LogP contribution is -2.16. The van der Waals surface area contributed by atoms with Crippen molar-refractivity contribution in [2.75, 3.05) is 6.61 Å². The van der Waals surface area contributed by atoms with Crippen LogP contribution in [-0.2, 0) is 6.42 Å². The SMILES string of the molecule is CCCCOc1nc(-c2ccc(CC)cc2)n(C(=O)CC(C)C)n1. The number of unbranched alkanes of at least 4 members (excludes halogenated alkanes) is 1. The number of benzene rings is 1. The van der Waals surface area contributed by atoms with Crippen molar-refractivity contribution < 1.29 is 9.53 Å². The quantitative estimate of drug-likeness (QED) is 0.675. The number of aryl methyl sites for hydroxylation is 1. The van der Waals surface area contributed by atoms with Crippen LogP contribution >= 0.6 is 0 Å². The third kappa shape index (κ3) is 4.66. The van der Waals surface area contributed by atoms with E-state index in [0.29, 0.717) is 18.9 Å². The summed E-state index contributed by atoms with van der Waals surface area (Å²) in [6.45, 7) is 8.81. The van der Waals surface area contributed by atoms with Gasteiger partial charge in [-0.15, -0.1) is 5.10 Å². The summed E-state index contributed by atoms with van der Waals surface area (Å²) in [6, 6.07) is 8.35. The number of nitrogens with zero attached hydrogens (tertiary/aromatic N) is 3. The minimum absolute atomic E-state index is 0.0580. The smallest absolute Gasteiger partial charge is 0.336 e. The van der Waals surface area contributed by atoms with Crippen molar-refractivity contribution in [2.24, 2.45) is 5.92 Å². The zero-order valence-corrected chi connectivity index (χ0v) is 15.1. The summed E-state index contributed by atoms with van der Waals surface area (Å²) in [4.78, 5) is 17.0. The molecule has 0 bridgehead atoms. The van der Waals surface area contributed by atoms with Crippen molar-refractivity contribution in [1.82, 2.24) is 14.8 Å². The van der Waals surface area contributed by atoms with E-state index in [-0.39, 0.29) is 17.8 Å². The molecule has 0 N–H and O–H groups in total. The average molecular weight is 329 g/mol. The van der Waals surface area contributed by atoms with Gasteiger partial charge in [-0.05, 0) is 24.3 Å². The Bertz CT molecular complexity index is 660. The first-order valence-electron chi connectivity index (χ1n) is 8.77. The molecule has 130 valence electrons. The Morgan fingerprint density at radius 1 is 1.21 bits per heavy atom. The van der Waals surface area contributed by atoms with Gasteiger partial charge in [0.2, 0.25) is 5.91 Å².